The zero-order valence-corrected chi connectivity index (χ0v) is 11.8. The topological polar surface area (TPSA) is 98.9 Å². The van der Waals surface area contributed by atoms with Crippen LogP contribution >= 0.6 is 0 Å². The van der Waals surface area contributed by atoms with E-state index in [1.807, 2.05) is 0 Å². The summed E-state index contributed by atoms with van der Waals surface area (Å²) in [6.45, 7) is 0.0930. The molecule has 2 aromatic rings. The van der Waals surface area contributed by atoms with Crippen molar-refractivity contribution in [3.05, 3.63) is 63.7 Å². The minimum absolute atomic E-state index is 0.00352. The van der Waals surface area contributed by atoms with Crippen LogP contribution in [0.5, 0.6) is 11.5 Å². The molecule has 1 aliphatic rings. The normalized spacial score (nSPS) is 13.0. The summed E-state index contributed by atoms with van der Waals surface area (Å²) in [6, 6.07) is 10.6. The summed E-state index contributed by atoms with van der Waals surface area (Å²) in [5.74, 6) is -0.127. The van der Waals surface area contributed by atoms with Crippen LogP contribution in [0.3, 0.4) is 0 Å². The summed E-state index contributed by atoms with van der Waals surface area (Å²) in [6.07, 6.45) is 1.38. The van der Waals surface area contributed by atoms with Crippen LogP contribution in [-0.2, 0) is 4.79 Å². The van der Waals surface area contributed by atoms with Crippen molar-refractivity contribution in [1.29, 1.82) is 0 Å². The molecule has 0 atom stereocenters. The molecule has 0 amide bonds. The van der Waals surface area contributed by atoms with Crippen LogP contribution in [-0.4, -0.2) is 22.8 Å². The maximum atomic E-state index is 11.5. The van der Waals surface area contributed by atoms with Gasteiger partial charge in [-0.05, 0) is 29.3 Å². The molecule has 23 heavy (non-hydrogen) atoms. The van der Waals surface area contributed by atoms with Gasteiger partial charge in [0.2, 0.25) is 6.79 Å². The van der Waals surface area contributed by atoms with Gasteiger partial charge in [0.15, 0.2) is 11.5 Å². The Bertz CT molecular complexity index is 827. The van der Waals surface area contributed by atoms with Gasteiger partial charge in [-0.3, -0.25) is 10.1 Å². The summed E-state index contributed by atoms with van der Waals surface area (Å²) in [5, 5.41) is 20.2. The molecule has 1 heterocycles. The first kappa shape index (κ1) is 14.6. The van der Waals surface area contributed by atoms with Gasteiger partial charge in [-0.1, -0.05) is 18.2 Å². The van der Waals surface area contributed by atoms with E-state index in [-0.39, 0.29) is 18.1 Å². The molecule has 0 radical (unpaired) electrons. The van der Waals surface area contributed by atoms with E-state index in [4.69, 9.17) is 9.47 Å². The van der Waals surface area contributed by atoms with Gasteiger partial charge < -0.3 is 14.6 Å². The molecule has 0 saturated carbocycles. The second-order valence-electron chi connectivity index (χ2n) is 4.78. The van der Waals surface area contributed by atoms with Gasteiger partial charge in [0.05, 0.1) is 10.5 Å². The summed E-state index contributed by atoms with van der Waals surface area (Å²) in [5.41, 5.74) is 0.750. The monoisotopic (exact) mass is 313 g/mol. The highest BCUT2D eigenvalue weighted by Crippen LogP contribution is 2.35. The molecule has 0 aromatic heterocycles. The number of rotatable bonds is 4. The minimum Gasteiger partial charge on any atom is -0.478 e. The zero-order chi connectivity index (χ0) is 16.4. The lowest BCUT2D eigenvalue weighted by Gasteiger charge is -2.05. The quantitative estimate of drug-likeness (QED) is 0.403. The highest BCUT2D eigenvalue weighted by atomic mass is 16.7. The van der Waals surface area contributed by atoms with Gasteiger partial charge in [0.25, 0.3) is 5.69 Å². The summed E-state index contributed by atoms with van der Waals surface area (Å²) in [7, 11) is 0. The van der Waals surface area contributed by atoms with E-state index in [9.17, 15) is 20.0 Å². The Hall–Kier alpha value is -3.35. The third-order valence-electron chi connectivity index (χ3n) is 3.31. The molecule has 0 bridgehead atoms. The van der Waals surface area contributed by atoms with E-state index >= 15 is 0 Å². The van der Waals surface area contributed by atoms with Crippen molar-refractivity contribution in [3.63, 3.8) is 0 Å². The van der Waals surface area contributed by atoms with Crippen molar-refractivity contribution in [1.82, 2.24) is 0 Å². The Morgan fingerprint density at radius 1 is 1.17 bits per heavy atom. The average molecular weight is 313 g/mol. The number of nitro benzene ring substituents is 1. The minimum atomic E-state index is -1.14. The van der Waals surface area contributed by atoms with Crippen molar-refractivity contribution in [2.24, 2.45) is 0 Å². The summed E-state index contributed by atoms with van der Waals surface area (Å²) >= 11 is 0. The third kappa shape index (κ3) is 2.98. The Kier molecular flexibility index (Phi) is 3.68. The number of nitro groups is 1. The number of ether oxygens (including phenoxy) is 2. The van der Waals surface area contributed by atoms with Crippen molar-refractivity contribution in [2.45, 2.75) is 0 Å². The van der Waals surface area contributed by atoms with E-state index in [0.29, 0.717) is 22.6 Å². The lowest BCUT2D eigenvalue weighted by molar-refractivity contribution is -0.384. The fourth-order valence-corrected chi connectivity index (χ4v) is 2.23. The van der Waals surface area contributed by atoms with E-state index in [0.717, 1.165) is 0 Å². The number of hydrogen-bond donors (Lipinski definition) is 1. The van der Waals surface area contributed by atoms with E-state index in [1.54, 1.807) is 24.3 Å². The Morgan fingerprint density at radius 2 is 1.96 bits per heavy atom. The van der Waals surface area contributed by atoms with Crippen LogP contribution in [0.4, 0.5) is 5.69 Å². The fraction of sp³-hybridized carbons (Fsp3) is 0.0625. The molecule has 0 saturated heterocycles. The molecular formula is C16H11NO6. The van der Waals surface area contributed by atoms with Gasteiger partial charge in [0.1, 0.15) is 0 Å². The van der Waals surface area contributed by atoms with Gasteiger partial charge >= 0.3 is 5.97 Å². The molecule has 0 unspecified atom stereocenters. The summed E-state index contributed by atoms with van der Waals surface area (Å²) < 4.78 is 10.4. The number of nitrogens with zero attached hydrogens (tertiary/aromatic N) is 1. The second-order valence-corrected chi connectivity index (χ2v) is 4.78. The fourth-order valence-electron chi connectivity index (χ4n) is 2.23. The molecule has 7 nitrogen and oxygen atoms in total. The predicted octanol–water partition coefficient (Wildman–Crippen LogP) is 2.95. The Labute approximate surface area is 130 Å². The van der Waals surface area contributed by atoms with E-state index < -0.39 is 10.9 Å². The molecule has 0 aliphatic carbocycles. The maximum Gasteiger partial charge on any atom is 0.336 e. The number of fused-ring (bicyclic) bond motifs is 1. The lowest BCUT2D eigenvalue weighted by Crippen LogP contribution is -2.00. The molecule has 0 fully saturated rings. The molecule has 0 spiro atoms. The van der Waals surface area contributed by atoms with Gasteiger partial charge in [-0.15, -0.1) is 0 Å². The van der Waals surface area contributed by atoms with Crippen LogP contribution in [0.2, 0.25) is 0 Å². The van der Waals surface area contributed by atoms with Crippen molar-refractivity contribution in [3.8, 4) is 11.5 Å². The maximum absolute atomic E-state index is 11.5. The molecule has 2 aromatic carbocycles. The molecule has 7 heteroatoms. The number of non-ortho nitro benzene ring substituents is 1. The lowest BCUT2D eigenvalue weighted by atomic mass is 10.0. The number of benzene rings is 2. The van der Waals surface area contributed by atoms with E-state index in [2.05, 4.69) is 0 Å². The highest BCUT2D eigenvalue weighted by molar-refractivity contribution is 6.20. The molecule has 116 valence electrons. The smallest absolute Gasteiger partial charge is 0.336 e. The van der Waals surface area contributed by atoms with Crippen molar-refractivity contribution in [2.75, 3.05) is 6.79 Å². The first-order valence-corrected chi connectivity index (χ1v) is 6.64. The van der Waals surface area contributed by atoms with Gasteiger partial charge in [-0.2, -0.15) is 0 Å². The second kappa shape index (κ2) is 5.80. The predicted molar refractivity (Wildman–Crippen MR) is 81.2 cm³/mol. The van der Waals surface area contributed by atoms with Crippen molar-refractivity contribution >= 4 is 23.3 Å². The standard InChI is InChI=1S/C16H11NO6/c18-16(19)13(7-10-2-1-3-12(6-10)17(20)21)11-4-5-14-15(8-11)23-9-22-14/h1-8H,9H2,(H,18,19)/b13-7-. The van der Waals surface area contributed by atoms with Crippen molar-refractivity contribution < 1.29 is 24.3 Å². The largest absolute Gasteiger partial charge is 0.478 e. The first-order chi connectivity index (χ1) is 11.0. The van der Waals surface area contributed by atoms with Gasteiger partial charge in [-0.25, -0.2) is 4.79 Å². The molecule has 1 N–H and O–H groups in total. The first-order valence-electron chi connectivity index (χ1n) is 6.64. The Balaban J connectivity index is 2.03. The van der Waals surface area contributed by atoms with Crippen LogP contribution in [0.1, 0.15) is 11.1 Å². The average Bonchev–Trinajstić information content (AvgIpc) is 3.00. The Morgan fingerprint density at radius 3 is 2.70 bits per heavy atom. The van der Waals surface area contributed by atoms with E-state index in [1.165, 1.54) is 24.3 Å². The zero-order valence-electron chi connectivity index (χ0n) is 11.8. The summed E-state index contributed by atoms with van der Waals surface area (Å²) in [4.78, 5) is 21.8. The number of aliphatic carboxylic acids is 1. The number of hydrogen-bond acceptors (Lipinski definition) is 5. The number of carbonyl (C=O) groups is 1. The van der Waals surface area contributed by atoms with Gasteiger partial charge in [0, 0.05) is 12.1 Å². The SMILES string of the molecule is O=C(O)/C(=C\c1cccc([N+](=O)[O-])c1)c1ccc2c(c1)OCO2. The third-order valence-corrected chi connectivity index (χ3v) is 3.31. The van der Waals surface area contributed by atoms with Crippen LogP contribution in [0.15, 0.2) is 42.5 Å². The molecular weight excluding hydrogens is 302 g/mol. The number of carboxylic acid groups (broad SMARTS) is 1. The number of carboxylic acids is 1. The van der Waals surface area contributed by atoms with Crippen LogP contribution in [0, 0.1) is 10.1 Å². The van der Waals surface area contributed by atoms with Crippen LogP contribution < -0.4 is 9.47 Å². The molecule has 3 rings (SSSR count). The van der Waals surface area contributed by atoms with Crippen LogP contribution in [0.25, 0.3) is 11.6 Å². The highest BCUT2D eigenvalue weighted by Gasteiger charge is 2.18. The molecule has 1 aliphatic heterocycles.